The number of aromatic amines is 2. The lowest BCUT2D eigenvalue weighted by atomic mass is 10.0. The number of aliphatic hydroxyl groups is 1. The molecule has 2 aromatic carbocycles. The summed E-state index contributed by atoms with van der Waals surface area (Å²) in [6.07, 6.45) is 3.15. The van der Waals surface area contributed by atoms with E-state index in [0.29, 0.717) is 11.3 Å². The molecule has 0 aliphatic carbocycles. The first-order valence-electron chi connectivity index (χ1n) is 13.9. The zero-order valence-electron chi connectivity index (χ0n) is 23.9. The normalized spacial score (nSPS) is 14.6. The van der Waals surface area contributed by atoms with Gasteiger partial charge in [-0.1, -0.05) is 30.3 Å². The second-order valence-corrected chi connectivity index (χ2v) is 10.5. The highest BCUT2D eigenvalue weighted by atomic mass is 16.4. The summed E-state index contributed by atoms with van der Waals surface area (Å²) in [5, 5.41) is 38.1. The molecule has 14 nitrogen and oxygen atoms in total. The number of aromatic hydroxyl groups is 1. The van der Waals surface area contributed by atoms with Crippen LogP contribution < -0.4 is 21.7 Å². The fourth-order valence-electron chi connectivity index (χ4n) is 4.72. The van der Waals surface area contributed by atoms with Crippen LogP contribution in [0.2, 0.25) is 0 Å². The molecule has 4 aromatic rings. The number of H-pyrrole nitrogens is 2. The number of phenols is 1. The number of phenolic OH excluding ortho intramolecular Hbond substituents is 1. The van der Waals surface area contributed by atoms with E-state index in [1.165, 1.54) is 31.6 Å². The number of aromatic nitrogens is 3. The molecule has 5 atom stereocenters. The van der Waals surface area contributed by atoms with Crippen LogP contribution in [0.4, 0.5) is 0 Å². The SMILES string of the molecule is CC(O)C(NC(=O)C(N)Cc1c[nH]c2ccccc12)C(=O)NC(Cc1ccc(O)cc1)C(=O)NC(Cc1cnc[nH]1)C(=O)O. The van der Waals surface area contributed by atoms with Crippen molar-refractivity contribution in [3.63, 3.8) is 0 Å². The van der Waals surface area contributed by atoms with Gasteiger partial charge in [0.15, 0.2) is 0 Å². The van der Waals surface area contributed by atoms with Crippen LogP contribution in [0.15, 0.2) is 67.3 Å². The van der Waals surface area contributed by atoms with E-state index in [1.807, 2.05) is 24.3 Å². The molecule has 2 heterocycles. The molecule has 2 aromatic heterocycles. The summed E-state index contributed by atoms with van der Waals surface area (Å²) in [5.41, 5.74) is 8.86. The Morgan fingerprint density at radius 1 is 0.886 bits per heavy atom. The fourth-order valence-corrected chi connectivity index (χ4v) is 4.72. The van der Waals surface area contributed by atoms with E-state index in [-0.39, 0.29) is 25.0 Å². The van der Waals surface area contributed by atoms with Gasteiger partial charge in [0.05, 0.1) is 18.5 Å². The number of amides is 3. The van der Waals surface area contributed by atoms with E-state index in [4.69, 9.17) is 5.73 Å². The van der Waals surface area contributed by atoms with Gasteiger partial charge in [0.1, 0.15) is 23.9 Å². The zero-order valence-corrected chi connectivity index (χ0v) is 23.9. The highest BCUT2D eigenvalue weighted by Gasteiger charge is 2.33. The first kappa shape index (κ1) is 31.7. The number of benzene rings is 2. The number of carboxylic acids is 1. The molecule has 0 aliphatic heterocycles. The maximum atomic E-state index is 13.4. The van der Waals surface area contributed by atoms with Crippen LogP contribution in [-0.4, -0.2) is 84.2 Å². The monoisotopic (exact) mass is 605 g/mol. The Bertz CT molecular complexity index is 1580. The average molecular weight is 606 g/mol. The number of hydrogen-bond donors (Lipinski definition) is 9. The van der Waals surface area contributed by atoms with Crippen molar-refractivity contribution < 1.29 is 34.5 Å². The zero-order chi connectivity index (χ0) is 31.8. The van der Waals surface area contributed by atoms with Crippen LogP contribution in [0.3, 0.4) is 0 Å². The van der Waals surface area contributed by atoms with Crippen LogP contribution in [0, 0.1) is 0 Å². The number of carboxylic acid groups (broad SMARTS) is 1. The van der Waals surface area contributed by atoms with Crippen LogP contribution in [0.5, 0.6) is 5.75 Å². The quantitative estimate of drug-likeness (QED) is 0.0929. The minimum atomic E-state index is -1.48. The number of carbonyl (C=O) groups excluding carboxylic acids is 3. The molecule has 0 saturated heterocycles. The molecular weight excluding hydrogens is 570 g/mol. The number of para-hydroxylation sites is 1. The number of aliphatic hydroxyl groups excluding tert-OH is 1. The van der Waals surface area contributed by atoms with Crippen molar-refractivity contribution in [1.82, 2.24) is 30.9 Å². The number of carbonyl (C=O) groups is 4. The Hall–Kier alpha value is -5.21. The molecule has 14 heteroatoms. The molecule has 0 aliphatic rings. The van der Waals surface area contributed by atoms with Gasteiger partial charge >= 0.3 is 5.97 Å². The number of nitrogens with one attached hydrogen (secondary N) is 5. The van der Waals surface area contributed by atoms with Crippen LogP contribution >= 0.6 is 0 Å². The molecule has 0 bridgehead atoms. The third kappa shape index (κ3) is 8.20. The Kier molecular flexibility index (Phi) is 10.3. The lowest BCUT2D eigenvalue weighted by molar-refractivity contribution is -0.142. The average Bonchev–Trinajstić information content (AvgIpc) is 3.66. The van der Waals surface area contributed by atoms with Gasteiger partial charge in [-0.15, -0.1) is 0 Å². The molecule has 10 N–H and O–H groups in total. The van der Waals surface area contributed by atoms with Crippen molar-refractivity contribution in [3.05, 3.63) is 84.1 Å². The molecule has 232 valence electrons. The second kappa shape index (κ2) is 14.3. The molecule has 0 spiro atoms. The van der Waals surface area contributed by atoms with E-state index in [1.54, 1.807) is 18.3 Å². The summed E-state index contributed by atoms with van der Waals surface area (Å²) in [6.45, 7) is 1.30. The molecule has 44 heavy (non-hydrogen) atoms. The highest BCUT2D eigenvalue weighted by Crippen LogP contribution is 2.19. The van der Waals surface area contributed by atoms with Gasteiger partial charge in [0.2, 0.25) is 17.7 Å². The van der Waals surface area contributed by atoms with Gasteiger partial charge in [-0.05, 0) is 42.7 Å². The summed E-state index contributed by atoms with van der Waals surface area (Å²) in [5.74, 6) is -3.70. The predicted molar refractivity (Wildman–Crippen MR) is 159 cm³/mol. The summed E-state index contributed by atoms with van der Waals surface area (Å²) < 4.78 is 0. The Morgan fingerprint density at radius 2 is 1.59 bits per heavy atom. The molecule has 5 unspecified atom stereocenters. The second-order valence-electron chi connectivity index (χ2n) is 10.5. The maximum absolute atomic E-state index is 13.4. The van der Waals surface area contributed by atoms with Gasteiger partial charge in [0.25, 0.3) is 0 Å². The van der Waals surface area contributed by atoms with Gasteiger partial charge < -0.3 is 47.0 Å². The molecule has 4 rings (SSSR count). The van der Waals surface area contributed by atoms with Crippen molar-refractivity contribution in [2.24, 2.45) is 5.73 Å². The topological polar surface area (TPSA) is 236 Å². The van der Waals surface area contributed by atoms with Crippen molar-refractivity contribution in [2.45, 2.75) is 56.5 Å². The largest absolute Gasteiger partial charge is 0.508 e. The molecule has 0 fully saturated rings. The van der Waals surface area contributed by atoms with Gasteiger partial charge in [-0.3, -0.25) is 14.4 Å². The highest BCUT2D eigenvalue weighted by molar-refractivity contribution is 5.95. The molecule has 0 radical (unpaired) electrons. The smallest absolute Gasteiger partial charge is 0.326 e. The standard InChI is InChI=1S/C30H35N7O7/c1-16(38)26(37-27(40)22(31)11-18-13-33-23-5-3-2-4-21(18)23)29(42)35-24(10-17-6-8-20(39)9-7-17)28(41)36-25(30(43)44)12-19-14-32-15-34-19/h2-9,13-16,22,24-26,33,38-39H,10-12,31H2,1H3,(H,32,34)(H,35,42)(H,36,41)(H,37,40)(H,43,44). The van der Waals surface area contributed by atoms with Crippen LogP contribution in [-0.2, 0) is 38.4 Å². The predicted octanol–water partition coefficient (Wildman–Crippen LogP) is -0.128. The van der Waals surface area contributed by atoms with E-state index < -0.39 is 54.0 Å². The molecule has 0 saturated carbocycles. The Morgan fingerprint density at radius 3 is 2.25 bits per heavy atom. The summed E-state index contributed by atoms with van der Waals surface area (Å²) in [7, 11) is 0. The van der Waals surface area contributed by atoms with Crippen LogP contribution in [0.1, 0.15) is 23.7 Å². The fraction of sp³-hybridized carbons (Fsp3) is 0.300. The lowest BCUT2D eigenvalue weighted by Gasteiger charge is -2.26. The van der Waals surface area contributed by atoms with Crippen LogP contribution in [0.25, 0.3) is 10.9 Å². The number of nitrogens with two attached hydrogens (primary N) is 1. The Labute approximate surface area is 252 Å². The van der Waals surface area contributed by atoms with E-state index in [2.05, 4.69) is 30.9 Å². The summed E-state index contributed by atoms with van der Waals surface area (Å²) in [4.78, 5) is 61.4. The number of fused-ring (bicyclic) bond motifs is 1. The van der Waals surface area contributed by atoms with Crippen molar-refractivity contribution in [3.8, 4) is 5.75 Å². The van der Waals surface area contributed by atoms with Crippen molar-refractivity contribution in [1.29, 1.82) is 0 Å². The lowest BCUT2D eigenvalue weighted by Crippen LogP contribution is -2.60. The molecular formula is C30H35N7O7. The van der Waals surface area contributed by atoms with E-state index in [0.717, 1.165) is 16.5 Å². The summed E-state index contributed by atoms with van der Waals surface area (Å²) >= 11 is 0. The van der Waals surface area contributed by atoms with Gasteiger partial charge in [-0.25, -0.2) is 9.78 Å². The minimum Gasteiger partial charge on any atom is -0.508 e. The number of hydrogen-bond acceptors (Lipinski definition) is 8. The van der Waals surface area contributed by atoms with Gasteiger partial charge in [0, 0.05) is 41.8 Å². The number of imidazole rings is 1. The van der Waals surface area contributed by atoms with Crippen molar-refractivity contribution in [2.75, 3.05) is 0 Å². The van der Waals surface area contributed by atoms with Crippen molar-refractivity contribution >= 4 is 34.6 Å². The maximum Gasteiger partial charge on any atom is 0.326 e. The third-order valence-electron chi connectivity index (χ3n) is 7.12. The van der Waals surface area contributed by atoms with E-state index >= 15 is 0 Å². The third-order valence-corrected chi connectivity index (χ3v) is 7.12. The number of rotatable bonds is 14. The number of aliphatic carboxylic acids is 1. The van der Waals surface area contributed by atoms with Gasteiger partial charge in [-0.2, -0.15) is 0 Å². The minimum absolute atomic E-state index is 0.00913. The molecule has 3 amide bonds. The first-order chi connectivity index (χ1) is 21.0. The van der Waals surface area contributed by atoms with E-state index in [9.17, 15) is 34.5 Å². The summed E-state index contributed by atoms with van der Waals surface area (Å²) in [6, 6.07) is 8.20. The first-order valence-corrected chi connectivity index (χ1v) is 13.9. The number of nitrogens with zero attached hydrogens (tertiary/aromatic N) is 1. The Balaban J connectivity index is 1.47.